The predicted octanol–water partition coefficient (Wildman–Crippen LogP) is 3.92. The van der Waals surface area contributed by atoms with Gasteiger partial charge in [0.25, 0.3) is 0 Å². The molecule has 1 aliphatic carbocycles. The number of hydrogen-bond donors (Lipinski definition) is 1. The van der Waals surface area contributed by atoms with Crippen molar-refractivity contribution in [3.63, 3.8) is 0 Å². The second-order valence-electron chi connectivity index (χ2n) is 4.53. The Morgan fingerprint density at radius 3 is 2.80 bits per heavy atom. The molecule has 1 saturated carbocycles. The van der Waals surface area contributed by atoms with E-state index in [1.54, 1.807) is 6.26 Å². The molecule has 1 aromatic heterocycles. The molecule has 0 spiro atoms. The van der Waals surface area contributed by atoms with E-state index in [2.05, 4.69) is 19.6 Å². The number of hydrogen-bond acceptors (Lipinski definition) is 3. The Hall–Kier alpha value is -0.0200. The van der Waals surface area contributed by atoms with Crippen molar-refractivity contribution in [3.05, 3.63) is 23.7 Å². The van der Waals surface area contributed by atoms with E-state index < -0.39 is 0 Å². The summed E-state index contributed by atoms with van der Waals surface area (Å²) >= 11 is 6.45. The second-order valence-corrected chi connectivity index (χ2v) is 5.83. The van der Waals surface area contributed by atoms with Crippen molar-refractivity contribution in [3.8, 4) is 0 Å². The third-order valence-electron chi connectivity index (χ3n) is 3.36. The highest BCUT2D eigenvalue weighted by molar-refractivity contribution is 7.98. The van der Waals surface area contributed by atoms with Crippen LogP contribution < -0.4 is 0 Å². The molecule has 0 amide bonds. The zero-order chi connectivity index (χ0) is 10.7. The fraction of sp³-hybridized carbons (Fsp3) is 0.667. The van der Waals surface area contributed by atoms with Crippen LogP contribution in [0.15, 0.2) is 16.7 Å². The van der Waals surface area contributed by atoms with Gasteiger partial charge in [0.2, 0.25) is 0 Å². The maximum atomic E-state index is 5.42. The minimum Gasteiger partial charge on any atom is -0.468 e. The van der Waals surface area contributed by atoms with Crippen LogP contribution >= 0.6 is 24.4 Å². The molecule has 1 fully saturated rings. The third-order valence-corrected chi connectivity index (χ3v) is 5.31. The first-order valence-corrected chi connectivity index (χ1v) is 7.26. The van der Waals surface area contributed by atoms with Gasteiger partial charge in [-0.25, -0.2) is 0 Å². The van der Waals surface area contributed by atoms with Crippen molar-refractivity contribution >= 4 is 24.4 Å². The molecular weight excluding hydrogens is 224 g/mol. The fourth-order valence-electron chi connectivity index (χ4n) is 1.94. The molecule has 0 aromatic carbocycles. The fourth-order valence-corrected chi connectivity index (χ4v) is 3.92. The van der Waals surface area contributed by atoms with E-state index in [0.29, 0.717) is 5.41 Å². The molecule has 1 nitrogen and oxygen atoms in total. The van der Waals surface area contributed by atoms with Gasteiger partial charge in [0, 0.05) is 5.75 Å². The van der Waals surface area contributed by atoms with Crippen LogP contribution in [-0.2, 0) is 5.75 Å². The van der Waals surface area contributed by atoms with Crippen LogP contribution in [0.1, 0.15) is 30.6 Å². The maximum absolute atomic E-state index is 5.42. The normalized spacial score (nSPS) is 18.8. The molecule has 2 rings (SSSR count). The largest absolute Gasteiger partial charge is 0.468 e. The number of rotatable bonds is 5. The van der Waals surface area contributed by atoms with Gasteiger partial charge in [0.05, 0.1) is 12.0 Å². The van der Waals surface area contributed by atoms with E-state index in [1.165, 1.54) is 30.6 Å². The van der Waals surface area contributed by atoms with Gasteiger partial charge in [-0.15, -0.1) is 0 Å². The zero-order valence-corrected chi connectivity index (χ0v) is 10.9. The van der Waals surface area contributed by atoms with Crippen LogP contribution in [0.2, 0.25) is 0 Å². The number of thioether (sulfide) groups is 1. The Balaban J connectivity index is 1.77. The summed E-state index contributed by atoms with van der Waals surface area (Å²) in [7, 11) is 0. The van der Waals surface area contributed by atoms with Gasteiger partial charge in [0.1, 0.15) is 5.76 Å². The van der Waals surface area contributed by atoms with Gasteiger partial charge in [-0.3, -0.25) is 0 Å². The number of thiol groups is 1. The second kappa shape index (κ2) is 4.88. The molecule has 15 heavy (non-hydrogen) atoms. The standard InChI is InChI=1S/C12H18OS2/c1-10-3-6-13-11(10)7-15-9-12(8-14)4-2-5-12/h3,6,14H,2,4-5,7-9H2,1H3. The molecule has 1 aliphatic rings. The maximum Gasteiger partial charge on any atom is 0.116 e. The minimum atomic E-state index is 0.536. The molecule has 0 atom stereocenters. The highest BCUT2D eigenvalue weighted by Gasteiger charge is 2.35. The molecule has 0 N–H and O–H groups in total. The first-order chi connectivity index (χ1) is 7.26. The molecule has 0 bridgehead atoms. The van der Waals surface area contributed by atoms with Crippen LogP contribution in [0.5, 0.6) is 0 Å². The molecule has 0 saturated heterocycles. The Morgan fingerprint density at radius 2 is 2.33 bits per heavy atom. The zero-order valence-electron chi connectivity index (χ0n) is 9.16. The first-order valence-electron chi connectivity index (χ1n) is 5.47. The molecule has 0 unspecified atom stereocenters. The van der Waals surface area contributed by atoms with E-state index in [9.17, 15) is 0 Å². The summed E-state index contributed by atoms with van der Waals surface area (Å²) in [4.78, 5) is 0. The Bertz CT molecular complexity index is 310. The highest BCUT2D eigenvalue weighted by atomic mass is 32.2. The lowest BCUT2D eigenvalue weighted by molar-refractivity contribution is 0.205. The van der Waals surface area contributed by atoms with Gasteiger partial charge in [-0.2, -0.15) is 24.4 Å². The van der Waals surface area contributed by atoms with Crippen LogP contribution in [0, 0.1) is 12.3 Å². The first kappa shape index (κ1) is 11.5. The lowest BCUT2D eigenvalue weighted by atomic mass is 9.72. The summed E-state index contributed by atoms with van der Waals surface area (Å²) < 4.78 is 5.42. The van der Waals surface area contributed by atoms with E-state index in [0.717, 1.165) is 17.3 Å². The van der Waals surface area contributed by atoms with E-state index >= 15 is 0 Å². The van der Waals surface area contributed by atoms with E-state index in [1.807, 2.05) is 17.8 Å². The summed E-state index contributed by atoms with van der Waals surface area (Å²) in [6, 6.07) is 2.04. The predicted molar refractivity (Wildman–Crippen MR) is 69.7 cm³/mol. The Morgan fingerprint density at radius 1 is 1.53 bits per heavy atom. The Kier molecular flexibility index (Phi) is 3.73. The minimum absolute atomic E-state index is 0.536. The lowest BCUT2D eigenvalue weighted by Gasteiger charge is -2.40. The van der Waals surface area contributed by atoms with Crippen molar-refractivity contribution in [2.24, 2.45) is 5.41 Å². The lowest BCUT2D eigenvalue weighted by Crippen LogP contribution is -2.33. The van der Waals surface area contributed by atoms with Crippen LogP contribution in [0.4, 0.5) is 0 Å². The van der Waals surface area contributed by atoms with Crippen molar-refractivity contribution in [2.75, 3.05) is 11.5 Å². The summed E-state index contributed by atoms with van der Waals surface area (Å²) in [5, 5.41) is 0. The molecule has 0 aliphatic heterocycles. The summed E-state index contributed by atoms with van der Waals surface area (Å²) in [5.41, 5.74) is 1.81. The van der Waals surface area contributed by atoms with Gasteiger partial charge in [0.15, 0.2) is 0 Å². The molecule has 1 aromatic rings. The van der Waals surface area contributed by atoms with Crippen molar-refractivity contribution in [1.82, 2.24) is 0 Å². The quantitative estimate of drug-likeness (QED) is 0.786. The molecular formula is C12H18OS2. The molecule has 1 heterocycles. The summed E-state index contributed by atoms with van der Waals surface area (Å²) in [5.74, 6) is 4.41. The van der Waals surface area contributed by atoms with Crippen molar-refractivity contribution < 1.29 is 4.42 Å². The van der Waals surface area contributed by atoms with Gasteiger partial charge >= 0.3 is 0 Å². The van der Waals surface area contributed by atoms with Crippen molar-refractivity contribution in [1.29, 1.82) is 0 Å². The topological polar surface area (TPSA) is 13.1 Å². The smallest absolute Gasteiger partial charge is 0.116 e. The summed E-state index contributed by atoms with van der Waals surface area (Å²) in [6.07, 6.45) is 5.89. The number of furan rings is 1. The van der Waals surface area contributed by atoms with Crippen LogP contribution in [-0.4, -0.2) is 11.5 Å². The van der Waals surface area contributed by atoms with Crippen molar-refractivity contribution in [2.45, 2.75) is 31.9 Å². The van der Waals surface area contributed by atoms with Gasteiger partial charge in [-0.1, -0.05) is 6.42 Å². The number of aryl methyl sites for hydroxylation is 1. The van der Waals surface area contributed by atoms with E-state index in [-0.39, 0.29) is 0 Å². The monoisotopic (exact) mass is 242 g/mol. The SMILES string of the molecule is Cc1ccoc1CSCC1(CS)CCC1. The van der Waals surface area contributed by atoms with Gasteiger partial charge < -0.3 is 4.42 Å². The molecule has 3 heteroatoms. The molecule has 0 radical (unpaired) electrons. The van der Waals surface area contributed by atoms with Crippen LogP contribution in [0.25, 0.3) is 0 Å². The van der Waals surface area contributed by atoms with Gasteiger partial charge in [-0.05, 0) is 42.6 Å². The van der Waals surface area contributed by atoms with E-state index in [4.69, 9.17) is 4.42 Å². The Labute approximate surface area is 101 Å². The van der Waals surface area contributed by atoms with Crippen LogP contribution in [0.3, 0.4) is 0 Å². The average molecular weight is 242 g/mol. The average Bonchev–Trinajstić information content (AvgIpc) is 2.57. The molecule has 84 valence electrons. The summed E-state index contributed by atoms with van der Waals surface area (Å²) in [6.45, 7) is 2.11. The third kappa shape index (κ3) is 2.56. The highest BCUT2D eigenvalue weighted by Crippen LogP contribution is 2.44.